The second-order valence-electron chi connectivity index (χ2n) is 7.20. The number of esters is 1. The van der Waals surface area contributed by atoms with E-state index in [0.717, 1.165) is 6.42 Å². The van der Waals surface area contributed by atoms with Crippen LogP contribution < -0.4 is 0 Å². The van der Waals surface area contributed by atoms with Crippen LogP contribution in [0, 0.1) is 11.7 Å². The number of hydrogen-bond donors (Lipinski definition) is 0. The molecule has 1 aliphatic rings. The zero-order chi connectivity index (χ0) is 21.1. The van der Waals surface area contributed by atoms with Crippen LogP contribution in [0.5, 0.6) is 0 Å². The predicted molar refractivity (Wildman–Crippen MR) is 108 cm³/mol. The van der Waals surface area contributed by atoms with E-state index in [9.17, 15) is 14.0 Å². The molecule has 156 valence electrons. The topological polar surface area (TPSA) is 69.4 Å². The van der Waals surface area contributed by atoms with Crippen LogP contribution in [0.3, 0.4) is 0 Å². The van der Waals surface area contributed by atoms with E-state index in [1.165, 1.54) is 18.3 Å². The van der Waals surface area contributed by atoms with E-state index in [1.54, 1.807) is 33.2 Å². The zero-order valence-corrected chi connectivity index (χ0v) is 16.7. The summed E-state index contributed by atoms with van der Waals surface area (Å²) in [5.74, 6) is -0.550. The number of hydrogen-bond acceptors (Lipinski definition) is 4. The Morgan fingerprint density at radius 2 is 1.93 bits per heavy atom. The fourth-order valence-corrected chi connectivity index (χ4v) is 3.77. The van der Waals surface area contributed by atoms with Crippen LogP contribution in [0.15, 0.2) is 55.0 Å². The minimum absolute atomic E-state index is 0.193. The Kier molecular flexibility index (Phi) is 5.65. The van der Waals surface area contributed by atoms with Crippen LogP contribution in [0.25, 0.3) is 11.5 Å². The Bertz CT molecular complexity index is 1030. The SMILES string of the molecule is CCOC(=O)C1CCCN(C(=O)c2cnn(-c3ccc(F)cc3)c2-n2cccc2)C1. The van der Waals surface area contributed by atoms with Crippen molar-refractivity contribution >= 4 is 11.9 Å². The molecule has 1 aromatic carbocycles. The largest absolute Gasteiger partial charge is 0.466 e. The lowest BCUT2D eigenvalue weighted by Crippen LogP contribution is -2.43. The first kappa shape index (κ1) is 19.9. The summed E-state index contributed by atoms with van der Waals surface area (Å²) in [7, 11) is 0. The lowest BCUT2D eigenvalue weighted by Gasteiger charge is -2.31. The van der Waals surface area contributed by atoms with Gasteiger partial charge in [-0.1, -0.05) is 0 Å². The van der Waals surface area contributed by atoms with Crippen molar-refractivity contribution in [1.82, 2.24) is 19.2 Å². The Hall–Kier alpha value is -3.42. The molecule has 0 radical (unpaired) electrons. The Morgan fingerprint density at radius 3 is 2.63 bits per heavy atom. The van der Waals surface area contributed by atoms with E-state index in [-0.39, 0.29) is 23.6 Å². The number of carbonyl (C=O) groups is 2. The highest BCUT2D eigenvalue weighted by molar-refractivity contribution is 5.97. The number of halogens is 1. The fourth-order valence-electron chi connectivity index (χ4n) is 3.77. The van der Waals surface area contributed by atoms with E-state index in [4.69, 9.17) is 4.74 Å². The molecule has 1 amide bonds. The summed E-state index contributed by atoms with van der Waals surface area (Å²) in [4.78, 5) is 27.2. The number of likely N-dealkylation sites (tertiary alicyclic amines) is 1. The van der Waals surface area contributed by atoms with Gasteiger partial charge in [-0.15, -0.1) is 0 Å². The number of piperidine rings is 1. The van der Waals surface area contributed by atoms with Gasteiger partial charge in [-0.2, -0.15) is 5.10 Å². The normalized spacial score (nSPS) is 16.5. The molecular weight excluding hydrogens is 387 g/mol. The van der Waals surface area contributed by atoms with Gasteiger partial charge in [0.2, 0.25) is 0 Å². The Morgan fingerprint density at radius 1 is 1.20 bits per heavy atom. The summed E-state index contributed by atoms with van der Waals surface area (Å²) in [6.07, 6.45) is 6.62. The quantitative estimate of drug-likeness (QED) is 0.606. The van der Waals surface area contributed by atoms with Crippen molar-refractivity contribution in [3.8, 4) is 11.5 Å². The van der Waals surface area contributed by atoms with Gasteiger partial charge in [-0.25, -0.2) is 9.07 Å². The molecular formula is C22H23FN4O3. The third kappa shape index (κ3) is 3.85. The maximum absolute atomic E-state index is 13.4. The minimum atomic E-state index is -0.344. The fraction of sp³-hybridized carbons (Fsp3) is 0.318. The maximum atomic E-state index is 13.4. The zero-order valence-electron chi connectivity index (χ0n) is 16.7. The van der Waals surface area contributed by atoms with Gasteiger partial charge >= 0.3 is 5.97 Å². The van der Waals surface area contributed by atoms with Crippen molar-refractivity contribution in [2.75, 3.05) is 19.7 Å². The number of aromatic nitrogens is 3. The molecule has 0 aliphatic carbocycles. The maximum Gasteiger partial charge on any atom is 0.310 e. The lowest BCUT2D eigenvalue weighted by atomic mass is 9.97. The van der Waals surface area contributed by atoms with Gasteiger partial charge in [0.05, 0.1) is 24.4 Å². The molecule has 4 rings (SSSR count). The van der Waals surface area contributed by atoms with Crippen LogP contribution in [0.2, 0.25) is 0 Å². The number of amides is 1. The van der Waals surface area contributed by atoms with Crippen molar-refractivity contribution in [1.29, 1.82) is 0 Å². The first-order chi connectivity index (χ1) is 14.6. The van der Waals surface area contributed by atoms with Gasteiger partial charge in [0, 0.05) is 25.5 Å². The summed E-state index contributed by atoms with van der Waals surface area (Å²) < 4.78 is 21.9. The van der Waals surface area contributed by atoms with Crippen LogP contribution in [-0.4, -0.2) is 50.8 Å². The summed E-state index contributed by atoms with van der Waals surface area (Å²) in [5.41, 5.74) is 1.06. The van der Waals surface area contributed by atoms with Crippen molar-refractivity contribution < 1.29 is 18.7 Å². The van der Waals surface area contributed by atoms with E-state index in [0.29, 0.717) is 43.2 Å². The van der Waals surface area contributed by atoms with Crippen molar-refractivity contribution in [2.45, 2.75) is 19.8 Å². The number of ether oxygens (including phenoxy) is 1. The van der Waals surface area contributed by atoms with Gasteiger partial charge in [0.1, 0.15) is 11.4 Å². The molecule has 0 saturated carbocycles. The highest BCUT2D eigenvalue weighted by atomic mass is 19.1. The highest BCUT2D eigenvalue weighted by Gasteiger charge is 2.32. The van der Waals surface area contributed by atoms with Gasteiger partial charge in [0.25, 0.3) is 5.91 Å². The van der Waals surface area contributed by atoms with Gasteiger partial charge in [-0.05, 0) is 56.2 Å². The molecule has 2 aromatic heterocycles. The Balaban J connectivity index is 1.68. The first-order valence-corrected chi connectivity index (χ1v) is 10.0. The molecule has 1 fully saturated rings. The Labute approximate surface area is 173 Å². The number of rotatable bonds is 5. The first-order valence-electron chi connectivity index (χ1n) is 10.0. The van der Waals surface area contributed by atoms with Gasteiger partial charge in [0.15, 0.2) is 5.82 Å². The summed E-state index contributed by atoms with van der Waals surface area (Å²) >= 11 is 0. The monoisotopic (exact) mass is 410 g/mol. The molecule has 0 N–H and O–H groups in total. The molecule has 3 aromatic rings. The molecule has 7 nitrogen and oxygen atoms in total. The van der Waals surface area contributed by atoms with Gasteiger partial charge < -0.3 is 14.2 Å². The molecule has 1 unspecified atom stereocenters. The molecule has 1 aliphatic heterocycles. The van der Waals surface area contributed by atoms with Crippen LogP contribution in [-0.2, 0) is 9.53 Å². The van der Waals surface area contributed by atoms with Crippen LogP contribution in [0.1, 0.15) is 30.1 Å². The second-order valence-corrected chi connectivity index (χ2v) is 7.20. The number of benzene rings is 1. The summed E-state index contributed by atoms with van der Waals surface area (Å²) in [6.45, 7) is 2.99. The highest BCUT2D eigenvalue weighted by Crippen LogP contribution is 2.25. The standard InChI is InChI=1S/C22H23FN4O3/c1-2-30-22(29)16-6-5-13-26(15-16)21(28)19-14-24-27(18-9-7-17(23)8-10-18)20(19)25-11-3-4-12-25/h3-4,7-12,14,16H,2,5-6,13,15H2,1H3. The smallest absolute Gasteiger partial charge is 0.310 e. The second kappa shape index (κ2) is 8.52. The molecule has 1 atom stereocenters. The number of carbonyl (C=O) groups excluding carboxylic acids is 2. The van der Waals surface area contributed by atoms with E-state index in [2.05, 4.69) is 5.10 Å². The van der Waals surface area contributed by atoms with Crippen LogP contribution >= 0.6 is 0 Å². The molecule has 8 heteroatoms. The average molecular weight is 410 g/mol. The average Bonchev–Trinajstić information content (AvgIpc) is 3.44. The van der Waals surface area contributed by atoms with Crippen molar-refractivity contribution in [3.63, 3.8) is 0 Å². The van der Waals surface area contributed by atoms with E-state index < -0.39 is 0 Å². The molecule has 30 heavy (non-hydrogen) atoms. The third-order valence-electron chi connectivity index (χ3n) is 5.22. The van der Waals surface area contributed by atoms with Crippen LogP contribution in [0.4, 0.5) is 4.39 Å². The van der Waals surface area contributed by atoms with E-state index in [1.807, 2.05) is 24.5 Å². The summed E-state index contributed by atoms with van der Waals surface area (Å²) in [5, 5.41) is 4.41. The molecule has 1 saturated heterocycles. The minimum Gasteiger partial charge on any atom is -0.466 e. The molecule has 3 heterocycles. The lowest BCUT2D eigenvalue weighted by molar-refractivity contribution is -0.149. The molecule has 0 spiro atoms. The van der Waals surface area contributed by atoms with Crippen molar-refractivity contribution in [3.05, 3.63) is 66.4 Å². The van der Waals surface area contributed by atoms with E-state index >= 15 is 0 Å². The number of nitrogens with zero attached hydrogens (tertiary/aromatic N) is 4. The molecule has 0 bridgehead atoms. The third-order valence-corrected chi connectivity index (χ3v) is 5.22. The predicted octanol–water partition coefficient (Wildman–Crippen LogP) is 3.22. The van der Waals surface area contributed by atoms with Crippen molar-refractivity contribution in [2.24, 2.45) is 5.92 Å². The summed E-state index contributed by atoms with van der Waals surface area (Å²) in [6, 6.07) is 9.64. The van der Waals surface area contributed by atoms with Gasteiger partial charge in [-0.3, -0.25) is 9.59 Å².